The highest BCUT2D eigenvalue weighted by Gasteiger charge is 2.05. The Morgan fingerprint density at radius 2 is 2.25 bits per heavy atom. The van der Waals surface area contributed by atoms with Crippen molar-refractivity contribution in [1.82, 2.24) is 4.98 Å². The van der Waals surface area contributed by atoms with Gasteiger partial charge in [-0.25, -0.2) is 0 Å². The average molecular weight is 216 g/mol. The van der Waals surface area contributed by atoms with E-state index in [0.717, 1.165) is 29.4 Å². The minimum Gasteiger partial charge on any atom is -0.359 e. The number of H-pyrrole nitrogens is 1. The molecular formula is C13H16N2O. The summed E-state index contributed by atoms with van der Waals surface area (Å²) in [6.45, 7) is 2.08. The number of benzene rings is 1. The highest BCUT2D eigenvalue weighted by molar-refractivity contribution is 6.00. The maximum Gasteiger partial charge on any atom is 0.224 e. The van der Waals surface area contributed by atoms with Gasteiger partial charge in [-0.1, -0.05) is 25.5 Å². The Hall–Kier alpha value is -1.77. The van der Waals surface area contributed by atoms with Gasteiger partial charge in [0.05, 0.1) is 11.2 Å². The predicted molar refractivity (Wildman–Crippen MR) is 66.5 cm³/mol. The monoisotopic (exact) mass is 216 g/mol. The lowest BCUT2D eigenvalue weighted by molar-refractivity contribution is -0.116. The number of hydrogen-bond acceptors (Lipinski definition) is 1. The summed E-state index contributed by atoms with van der Waals surface area (Å²) in [6, 6.07) is 7.89. The third-order valence-electron chi connectivity index (χ3n) is 2.62. The van der Waals surface area contributed by atoms with E-state index in [9.17, 15) is 4.79 Å². The lowest BCUT2D eigenvalue weighted by Crippen LogP contribution is -2.11. The van der Waals surface area contributed by atoms with Crippen molar-refractivity contribution < 1.29 is 4.79 Å². The molecule has 0 bridgehead atoms. The second-order valence-corrected chi connectivity index (χ2v) is 3.90. The third kappa shape index (κ3) is 2.24. The van der Waals surface area contributed by atoms with Crippen LogP contribution in [0.15, 0.2) is 30.5 Å². The number of rotatable bonds is 4. The summed E-state index contributed by atoms with van der Waals surface area (Å²) in [5, 5.41) is 4.05. The summed E-state index contributed by atoms with van der Waals surface area (Å²) in [5.41, 5.74) is 1.86. The molecule has 2 rings (SSSR count). The largest absolute Gasteiger partial charge is 0.359 e. The number of carbonyl (C=O) groups excluding carboxylic acids is 1. The van der Waals surface area contributed by atoms with Gasteiger partial charge < -0.3 is 10.3 Å². The molecule has 0 unspecified atom stereocenters. The van der Waals surface area contributed by atoms with Crippen molar-refractivity contribution in [2.75, 3.05) is 5.32 Å². The molecule has 0 atom stereocenters. The minimum absolute atomic E-state index is 0.0870. The van der Waals surface area contributed by atoms with E-state index in [2.05, 4.69) is 17.2 Å². The van der Waals surface area contributed by atoms with Gasteiger partial charge in [0.25, 0.3) is 0 Å². The Morgan fingerprint density at radius 1 is 1.38 bits per heavy atom. The van der Waals surface area contributed by atoms with Gasteiger partial charge in [0.15, 0.2) is 0 Å². The summed E-state index contributed by atoms with van der Waals surface area (Å²) in [7, 11) is 0. The van der Waals surface area contributed by atoms with Gasteiger partial charge in [-0.2, -0.15) is 0 Å². The maximum atomic E-state index is 11.6. The van der Waals surface area contributed by atoms with Crippen LogP contribution in [-0.2, 0) is 4.79 Å². The topological polar surface area (TPSA) is 44.9 Å². The second-order valence-electron chi connectivity index (χ2n) is 3.90. The Bertz CT molecular complexity index is 487. The first-order valence-corrected chi connectivity index (χ1v) is 5.67. The fourth-order valence-electron chi connectivity index (χ4n) is 1.74. The normalized spacial score (nSPS) is 10.6. The smallest absolute Gasteiger partial charge is 0.224 e. The maximum absolute atomic E-state index is 11.6. The SMILES string of the molecule is CCCCC(=O)Nc1cccc2cc[nH]c12. The van der Waals surface area contributed by atoms with E-state index in [-0.39, 0.29) is 5.91 Å². The van der Waals surface area contributed by atoms with Crippen molar-refractivity contribution in [3.05, 3.63) is 30.5 Å². The van der Waals surface area contributed by atoms with Crippen LogP contribution >= 0.6 is 0 Å². The molecule has 0 aliphatic carbocycles. The molecule has 0 aliphatic heterocycles. The number of unbranched alkanes of at least 4 members (excludes halogenated alkanes) is 1. The van der Waals surface area contributed by atoms with Crippen LogP contribution in [0.4, 0.5) is 5.69 Å². The zero-order chi connectivity index (χ0) is 11.4. The number of fused-ring (bicyclic) bond motifs is 1. The first-order chi connectivity index (χ1) is 7.81. The van der Waals surface area contributed by atoms with Crippen LogP contribution in [0.25, 0.3) is 10.9 Å². The number of aromatic amines is 1. The molecule has 3 nitrogen and oxygen atoms in total. The van der Waals surface area contributed by atoms with E-state index in [1.165, 1.54) is 0 Å². The number of carbonyl (C=O) groups is 1. The third-order valence-corrected chi connectivity index (χ3v) is 2.62. The molecule has 0 radical (unpaired) electrons. The number of nitrogens with one attached hydrogen (secondary N) is 2. The van der Waals surface area contributed by atoms with Crippen molar-refractivity contribution in [3.63, 3.8) is 0 Å². The van der Waals surface area contributed by atoms with Crippen LogP contribution in [0.1, 0.15) is 26.2 Å². The van der Waals surface area contributed by atoms with Gasteiger partial charge in [0.2, 0.25) is 5.91 Å². The summed E-state index contributed by atoms with van der Waals surface area (Å²) in [5.74, 6) is 0.0870. The van der Waals surface area contributed by atoms with Crippen LogP contribution in [0.2, 0.25) is 0 Å². The van der Waals surface area contributed by atoms with Crippen molar-refractivity contribution in [1.29, 1.82) is 0 Å². The molecule has 1 aromatic carbocycles. The zero-order valence-electron chi connectivity index (χ0n) is 9.42. The number of amides is 1. The van der Waals surface area contributed by atoms with Gasteiger partial charge in [0.1, 0.15) is 0 Å². The van der Waals surface area contributed by atoms with E-state index in [0.29, 0.717) is 6.42 Å². The summed E-state index contributed by atoms with van der Waals surface area (Å²) >= 11 is 0. The molecular weight excluding hydrogens is 200 g/mol. The summed E-state index contributed by atoms with van der Waals surface area (Å²) in [6.07, 6.45) is 4.45. The van der Waals surface area contributed by atoms with Crippen LogP contribution in [0, 0.1) is 0 Å². The van der Waals surface area contributed by atoms with Gasteiger partial charge in [-0.3, -0.25) is 4.79 Å². The van der Waals surface area contributed by atoms with Crippen LogP contribution in [0.3, 0.4) is 0 Å². The number of anilines is 1. The van der Waals surface area contributed by atoms with Crippen molar-refractivity contribution in [3.8, 4) is 0 Å². The standard InChI is InChI=1S/C13H16N2O/c1-2-3-7-12(16)15-11-6-4-5-10-8-9-14-13(10)11/h4-6,8-9,14H,2-3,7H2,1H3,(H,15,16). The highest BCUT2D eigenvalue weighted by atomic mass is 16.1. The molecule has 0 fully saturated rings. The quantitative estimate of drug-likeness (QED) is 0.809. The summed E-state index contributed by atoms with van der Waals surface area (Å²) < 4.78 is 0. The number of para-hydroxylation sites is 1. The molecule has 2 aromatic rings. The van der Waals surface area contributed by atoms with E-state index >= 15 is 0 Å². The van der Waals surface area contributed by atoms with Crippen molar-refractivity contribution in [2.24, 2.45) is 0 Å². The van der Waals surface area contributed by atoms with Crippen molar-refractivity contribution in [2.45, 2.75) is 26.2 Å². The number of aromatic nitrogens is 1. The minimum atomic E-state index is 0.0870. The summed E-state index contributed by atoms with van der Waals surface area (Å²) in [4.78, 5) is 14.7. The van der Waals surface area contributed by atoms with Crippen LogP contribution < -0.4 is 5.32 Å². The zero-order valence-corrected chi connectivity index (χ0v) is 9.42. The highest BCUT2D eigenvalue weighted by Crippen LogP contribution is 2.21. The van der Waals surface area contributed by atoms with Gasteiger partial charge in [-0.15, -0.1) is 0 Å². The molecule has 0 saturated heterocycles. The number of hydrogen-bond donors (Lipinski definition) is 2. The van der Waals surface area contributed by atoms with Crippen LogP contribution in [-0.4, -0.2) is 10.9 Å². The van der Waals surface area contributed by atoms with Crippen LogP contribution in [0.5, 0.6) is 0 Å². The van der Waals surface area contributed by atoms with Gasteiger partial charge in [0, 0.05) is 18.0 Å². The van der Waals surface area contributed by atoms with E-state index in [1.54, 1.807) is 0 Å². The molecule has 16 heavy (non-hydrogen) atoms. The molecule has 0 aliphatic rings. The Labute approximate surface area is 94.9 Å². The van der Waals surface area contributed by atoms with E-state index < -0.39 is 0 Å². The molecule has 1 heterocycles. The van der Waals surface area contributed by atoms with Crippen molar-refractivity contribution >= 4 is 22.5 Å². The lowest BCUT2D eigenvalue weighted by Gasteiger charge is -2.05. The molecule has 1 aromatic heterocycles. The average Bonchev–Trinajstić information content (AvgIpc) is 2.75. The Balaban J connectivity index is 2.14. The predicted octanol–water partition coefficient (Wildman–Crippen LogP) is 3.30. The van der Waals surface area contributed by atoms with Gasteiger partial charge in [-0.05, 0) is 18.6 Å². The lowest BCUT2D eigenvalue weighted by atomic mass is 10.2. The molecule has 1 amide bonds. The molecule has 3 heteroatoms. The molecule has 84 valence electrons. The molecule has 0 saturated carbocycles. The second kappa shape index (κ2) is 4.84. The Morgan fingerprint density at radius 3 is 3.06 bits per heavy atom. The Kier molecular flexibility index (Phi) is 3.25. The van der Waals surface area contributed by atoms with E-state index in [1.807, 2.05) is 30.5 Å². The fourth-order valence-corrected chi connectivity index (χ4v) is 1.74. The molecule has 0 spiro atoms. The van der Waals surface area contributed by atoms with E-state index in [4.69, 9.17) is 0 Å². The fraction of sp³-hybridized carbons (Fsp3) is 0.308. The first-order valence-electron chi connectivity index (χ1n) is 5.67. The first kappa shape index (κ1) is 10.7. The molecule has 2 N–H and O–H groups in total. The van der Waals surface area contributed by atoms with Gasteiger partial charge >= 0.3 is 0 Å².